The molecule has 0 saturated heterocycles. The Morgan fingerprint density at radius 2 is 2.21 bits per heavy atom. The van der Waals surface area contributed by atoms with Gasteiger partial charge in [0.2, 0.25) is 5.91 Å². The lowest BCUT2D eigenvalue weighted by Crippen LogP contribution is -2.43. The van der Waals surface area contributed by atoms with E-state index in [-0.39, 0.29) is 18.6 Å². The zero-order chi connectivity index (χ0) is 13.7. The maximum absolute atomic E-state index is 12.5. The van der Waals surface area contributed by atoms with Crippen LogP contribution in [-0.4, -0.2) is 41.7 Å². The Bertz CT molecular complexity index is 409. The maximum atomic E-state index is 12.5. The Balaban J connectivity index is 1.99. The zero-order valence-electron chi connectivity index (χ0n) is 11.4. The van der Waals surface area contributed by atoms with Crippen molar-refractivity contribution in [3.8, 4) is 0 Å². The highest BCUT2D eigenvalue weighted by molar-refractivity contribution is 5.87. The van der Waals surface area contributed by atoms with E-state index in [1.54, 1.807) is 4.90 Å². The minimum Gasteiger partial charge on any atom is -0.395 e. The number of nitrogens with one attached hydrogen (secondary N) is 1. The number of unbranched alkanes of at least 4 members (excludes halogenated alkanes) is 1. The van der Waals surface area contributed by atoms with Crippen LogP contribution in [0.15, 0.2) is 24.3 Å². The van der Waals surface area contributed by atoms with Crippen LogP contribution in [0.5, 0.6) is 0 Å². The number of para-hydroxylation sites is 1. The monoisotopic (exact) mass is 262 g/mol. The summed E-state index contributed by atoms with van der Waals surface area (Å²) < 4.78 is 0. The van der Waals surface area contributed by atoms with Crippen LogP contribution >= 0.6 is 0 Å². The van der Waals surface area contributed by atoms with Gasteiger partial charge in [-0.05, 0) is 18.1 Å². The molecule has 0 aliphatic carbocycles. The lowest BCUT2D eigenvalue weighted by Gasteiger charge is -2.25. The van der Waals surface area contributed by atoms with Crippen molar-refractivity contribution in [2.24, 2.45) is 0 Å². The van der Waals surface area contributed by atoms with Gasteiger partial charge < -0.3 is 15.3 Å². The Morgan fingerprint density at radius 3 is 2.89 bits per heavy atom. The number of aliphatic hydroxyl groups is 1. The molecule has 1 heterocycles. The van der Waals surface area contributed by atoms with Crippen molar-refractivity contribution in [3.05, 3.63) is 29.8 Å². The highest BCUT2D eigenvalue weighted by Crippen LogP contribution is 2.26. The first-order valence-corrected chi connectivity index (χ1v) is 7.00. The predicted molar refractivity (Wildman–Crippen MR) is 76.1 cm³/mol. The molecule has 1 unspecified atom stereocenters. The summed E-state index contributed by atoms with van der Waals surface area (Å²) in [6, 6.07) is 7.85. The van der Waals surface area contributed by atoms with E-state index in [0.717, 1.165) is 31.5 Å². The molecular weight excluding hydrogens is 240 g/mol. The highest BCUT2D eigenvalue weighted by Gasteiger charge is 2.29. The molecule has 19 heavy (non-hydrogen) atoms. The first-order chi connectivity index (χ1) is 9.26. The number of hydrogen-bond acceptors (Lipinski definition) is 3. The van der Waals surface area contributed by atoms with Crippen molar-refractivity contribution >= 4 is 11.6 Å². The van der Waals surface area contributed by atoms with Gasteiger partial charge in [-0.1, -0.05) is 31.5 Å². The minimum atomic E-state index is -0.180. The third kappa shape index (κ3) is 3.26. The van der Waals surface area contributed by atoms with E-state index in [2.05, 4.69) is 18.3 Å². The van der Waals surface area contributed by atoms with Crippen molar-refractivity contribution in [2.75, 3.05) is 25.0 Å². The van der Waals surface area contributed by atoms with E-state index in [4.69, 9.17) is 5.11 Å². The number of benzene rings is 1. The van der Waals surface area contributed by atoms with Gasteiger partial charge in [-0.15, -0.1) is 0 Å². The Hall–Kier alpha value is -1.55. The molecule has 0 bridgehead atoms. The van der Waals surface area contributed by atoms with Gasteiger partial charge in [0.25, 0.3) is 0 Å². The van der Waals surface area contributed by atoms with Gasteiger partial charge in [0.1, 0.15) is 6.04 Å². The number of carbonyl (C=O) groups is 1. The molecule has 104 valence electrons. The van der Waals surface area contributed by atoms with Crippen LogP contribution in [0.1, 0.15) is 25.3 Å². The van der Waals surface area contributed by atoms with E-state index in [9.17, 15) is 4.79 Å². The SMILES string of the molecule is CCCCN(CCO)C(=O)C1Cc2ccccc2N1. The van der Waals surface area contributed by atoms with Crippen LogP contribution in [0.4, 0.5) is 5.69 Å². The topological polar surface area (TPSA) is 52.6 Å². The lowest BCUT2D eigenvalue weighted by atomic mass is 10.1. The number of fused-ring (bicyclic) bond motifs is 1. The number of aliphatic hydroxyl groups excluding tert-OH is 1. The zero-order valence-corrected chi connectivity index (χ0v) is 11.4. The van der Waals surface area contributed by atoms with Crippen molar-refractivity contribution in [1.29, 1.82) is 0 Å². The summed E-state index contributed by atoms with van der Waals surface area (Å²) in [5.74, 6) is 0.0960. The second-order valence-corrected chi connectivity index (χ2v) is 4.96. The first kappa shape index (κ1) is 13.9. The molecule has 0 aromatic heterocycles. The molecule has 1 atom stereocenters. The Labute approximate surface area is 114 Å². The van der Waals surface area contributed by atoms with Crippen LogP contribution in [0.2, 0.25) is 0 Å². The van der Waals surface area contributed by atoms with Crippen molar-refractivity contribution in [2.45, 2.75) is 32.2 Å². The molecule has 1 amide bonds. The first-order valence-electron chi connectivity index (χ1n) is 7.00. The van der Waals surface area contributed by atoms with E-state index >= 15 is 0 Å². The normalized spacial score (nSPS) is 16.8. The number of carbonyl (C=O) groups excluding carboxylic acids is 1. The fourth-order valence-electron chi connectivity index (χ4n) is 2.47. The molecule has 0 fully saturated rings. The van der Waals surface area contributed by atoms with Crippen LogP contribution in [0.25, 0.3) is 0 Å². The third-order valence-corrected chi connectivity index (χ3v) is 3.53. The average molecular weight is 262 g/mol. The molecule has 2 rings (SSSR count). The summed E-state index contributed by atoms with van der Waals surface area (Å²) >= 11 is 0. The number of anilines is 1. The minimum absolute atomic E-state index is 0.0229. The van der Waals surface area contributed by atoms with Crippen molar-refractivity contribution in [1.82, 2.24) is 4.90 Å². The largest absolute Gasteiger partial charge is 0.395 e. The molecule has 1 aromatic carbocycles. The Morgan fingerprint density at radius 1 is 1.42 bits per heavy atom. The van der Waals surface area contributed by atoms with Gasteiger partial charge in [0.15, 0.2) is 0 Å². The Kier molecular flexibility index (Phi) is 4.80. The molecule has 2 N–H and O–H groups in total. The molecule has 0 saturated carbocycles. The number of hydrogen-bond donors (Lipinski definition) is 2. The summed E-state index contributed by atoms with van der Waals surface area (Å²) in [6.45, 7) is 3.28. The average Bonchev–Trinajstić information content (AvgIpc) is 2.86. The van der Waals surface area contributed by atoms with Gasteiger partial charge in [-0.3, -0.25) is 4.79 Å². The van der Waals surface area contributed by atoms with Gasteiger partial charge in [-0.25, -0.2) is 0 Å². The van der Waals surface area contributed by atoms with Gasteiger partial charge in [0.05, 0.1) is 6.61 Å². The van der Waals surface area contributed by atoms with E-state index < -0.39 is 0 Å². The maximum Gasteiger partial charge on any atom is 0.245 e. The highest BCUT2D eigenvalue weighted by atomic mass is 16.3. The predicted octanol–water partition coefficient (Wildman–Crippen LogP) is 1.64. The summed E-state index contributed by atoms with van der Waals surface area (Å²) in [5.41, 5.74) is 2.25. The summed E-state index contributed by atoms with van der Waals surface area (Å²) in [4.78, 5) is 14.2. The van der Waals surface area contributed by atoms with E-state index in [1.165, 1.54) is 5.56 Å². The van der Waals surface area contributed by atoms with Crippen LogP contribution in [0.3, 0.4) is 0 Å². The van der Waals surface area contributed by atoms with Crippen LogP contribution in [-0.2, 0) is 11.2 Å². The van der Waals surface area contributed by atoms with Crippen LogP contribution in [0, 0.1) is 0 Å². The number of rotatable bonds is 6. The molecule has 1 aliphatic heterocycles. The number of amides is 1. The van der Waals surface area contributed by atoms with Crippen molar-refractivity contribution < 1.29 is 9.90 Å². The molecule has 4 nitrogen and oxygen atoms in total. The van der Waals surface area contributed by atoms with Gasteiger partial charge in [0, 0.05) is 25.2 Å². The molecular formula is C15H22N2O2. The lowest BCUT2D eigenvalue weighted by molar-refractivity contribution is -0.132. The standard InChI is InChI=1S/C15H22N2O2/c1-2-3-8-17(9-10-18)15(19)14-11-12-6-4-5-7-13(12)16-14/h4-7,14,16,18H,2-3,8-11H2,1H3. The summed E-state index contributed by atoms with van der Waals surface area (Å²) in [5, 5.41) is 12.4. The fraction of sp³-hybridized carbons (Fsp3) is 0.533. The molecule has 0 spiro atoms. The fourth-order valence-corrected chi connectivity index (χ4v) is 2.47. The van der Waals surface area contributed by atoms with Gasteiger partial charge >= 0.3 is 0 Å². The van der Waals surface area contributed by atoms with Crippen LogP contribution < -0.4 is 5.32 Å². The van der Waals surface area contributed by atoms with Gasteiger partial charge in [-0.2, -0.15) is 0 Å². The molecule has 0 radical (unpaired) electrons. The smallest absolute Gasteiger partial charge is 0.245 e. The van der Waals surface area contributed by atoms with E-state index in [0.29, 0.717) is 6.54 Å². The molecule has 1 aromatic rings. The van der Waals surface area contributed by atoms with E-state index in [1.807, 2.05) is 18.2 Å². The number of nitrogens with zero attached hydrogens (tertiary/aromatic N) is 1. The second-order valence-electron chi connectivity index (χ2n) is 4.96. The quantitative estimate of drug-likeness (QED) is 0.819. The summed E-state index contributed by atoms with van der Waals surface area (Å²) in [7, 11) is 0. The summed E-state index contributed by atoms with van der Waals surface area (Å²) in [6.07, 6.45) is 2.77. The van der Waals surface area contributed by atoms with Crippen molar-refractivity contribution in [3.63, 3.8) is 0 Å². The second kappa shape index (κ2) is 6.57. The third-order valence-electron chi connectivity index (χ3n) is 3.53. The molecule has 4 heteroatoms. The molecule has 1 aliphatic rings.